The van der Waals surface area contributed by atoms with Crippen molar-refractivity contribution in [3.63, 3.8) is 0 Å². The number of para-hydroxylation sites is 1. The lowest BCUT2D eigenvalue weighted by molar-refractivity contribution is -0.123. The SMILES string of the molecule is Cc1ccc(S(=O)(=O)N(C)c2ccc(OCC(=O)NCCCN(C)c3ccccc3)cc2)cc1. The summed E-state index contributed by atoms with van der Waals surface area (Å²) in [5.41, 5.74) is 2.63. The van der Waals surface area contributed by atoms with E-state index in [-0.39, 0.29) is 17.4 Å². The number of anilines is 2. The first kappa shape index (κ1) is 25.1. The van der Waals surface area contributed by atoms with Crippen LogP contribution in [0.15, 0.2) is 83.8 Å². The van der Waals surface area contributed by atoms with Crippen LogP contribution in [0, 0.1) is 6.92 Å². The maximum absolute atomic E-state index is 12.8. The minimum Gasteiger partial charge on any atom is -0.484 e. The third-order valence-electron chi connectivity index (χ3n) is 5.44. The Balaban J connectivity index is 1.43. The average molecular weight is 482 g/mol. The quantitative estimate of drug-likeness (QED) is 0.421. The van der Waals surface area contributed by atoms with E-state index in [1.54, 1.807) is 48.5 Å². The fourth-order valence-electron chi connectivity index (χ4n) is 3.31. The van der Waals surface area contributed by atoms with Gasteiger partial charge < -0.3 is 15.0 Å². The van der Waals surface area contributed by atoms with Crippen molar-refractivity contribution in [2.45, 2.75) is 18.2 Å². The summed E-state index contributed by atoms with van der Waals surface area (Å²) < 4.78 is 32.4. The van der Waals surface area contributed by atoms with E-state index in [9.17, 15) is 13.2 Å². The first-order valence-corrected chi connectivity index (χ1v) is 12.5. The zero-order valence-electron chi connectivity index (χ0n) is 19.8. The normalized spacial score (nSPS) is 11.0. The second kappa shape index (κ2) is 11.6. The summed E-state index contributed by atoms with van der Waals surface area (Å²) in [6.07, 6.45) is 0.813. The van der Waals surface area contributed by atoms with Gasteiger partial charge in [-0.3, -0.25) is 9.10 Å². The van der Waals surface area contributed by atoms with Crippen molar-refractivity contribution in [2.24, 2.45) is 0 Å². The summed E-state index contributed by atoms with van der Waals surface area (Å²) in [6, 6.07) is 23.4. The topological polar surface area (TPSA) is 78.9 Å². The first-order valence-electron chi connectivity index (χ1n) is 11.1. The molecule has 0 heterocycles. The third kappa shape index (κ3) is 6.74. The monoisotopic (exact) mass is 481 g/mol. The number of sulfonamides is 1. The molecule has 3 aromatic carbocycles. The second-order valence-corrected chi connectivity index (χ2v) is 10.00. The number of aryl methyl sites for hydroxylation is 1. The predicted molar refractivity (Wildman–Crippen MR) is 136 cm³/mol. The van der Waals surface area contributed by atoms with Crippen LogP contribution in [0.3, 0.4) is 0 Å². The summed E-state index contributed by atoms with van der Waals surface area (Å²) >= 11 is 0. The molecule has 1 N–H and O–H groups in total. The van der Waals surface area contributed by atoms with E-state index in [4.69, 9.17) is 4.74 Å². The highest BCUT2D eigenvalue weighted by molar-refractivity contribution is 7.92. The van der Waals surface area contributed by atoms with Crippen molar-refractivity contribution in [1.29, 1.82) is 0 Å². The van der Waals surface area contributed by atoms with Gasteiger partial charge in [0.05, 0.1) is 10.6 Å². The molecule has 0 spiro atoms. The molecule has 3 rings (SSSR count). The van der Waals surface area contributed by atoms with E-state index in [1.807, 2.05) is 44.3 Å². The molecule has 0 aliphatic carbocycles. The number of rotatable bonds is 11. The Kier molecular flexibility index (Phi) is 8.54. The smallest absolute Gasteiger partial charge is 0.264 e. The second-order valence-electron chi connectivity index (χ2n) is 8.03. The Bertz CT molecular complexity index is 1160. The van der Waals surface area contributed by atoms with Crippen molar-refractivity contribution in [2.75, 3.05) is 43.0 Å². The Hall–Kier alpha value is -3.52. The highest BCUT2D eigenvalue weighted by Crippen LogP contribution is 2.24. The maximum atomic E-state index is 12.8. The number of carbonyl (C=O) groups is 1. The van der Waals surface area contributed by atoms with Gasteiger partial charge in [-0.1, -0.05) is 35.9 Å². The summed E-state index contributed by atoms with van der Waals surface area (Å²) in [4.78, 5) is 14.4. The van der Waals surface area contributed by atoms with Crippen LogP contribution in [0.25, 0.3) is 0 Å². The van der Waals surface area contributed by atoms with Crippen LogP contribution in [0.5, 0.6) is 5.75 Å². The largest absolute Gasteiger partial charge is 0.484 e. The third-order valence-corrected chi connectivity index (χ3v) is 7.24. The number of hydrogen-bond donors (Lipinski definition) is 1. The van der Waals surface area contributed by atoms with Gasteiger partial charge in [0, 0.05) is 32.9 Å². The molecule has 0 radical (unpaired) electrons. The van der Waals surface area contributed by atoms with Crippen LogP contribution < -0.4 is 19.3 Å². The van der Waals surface area contributed by atoms with E-state index in [2.05, 4.69) is 10.2 Å². The minimum atomic E-state index is -3.66. The molecule has 0 unspecified atom stereocenters. The highest BCUT2D eigenvalue weighted by Gasteiger charge is 2.21. The molecular formula is C26H31N3O4S. The lowest BCUT2D eigenvalue weighted by Crippen LogP contribution is -2.31. The highest BCUT2D eigenvalue weighted by atomic mass is 32.2. The van der Waals surface area contributed by atoms with Crippen molar-refractivity contribution in [3.8, 4) is 5.75 Å². The molecule has 34 heavy (non-hydrogen) atoms. The Morgan fingerprint density at radius 3 is 2.18 bits per heavy atom. The molecule has 0 bridgehead atoms. The molecule has 0 aliphatic heterocycles. The van der Waals surface area contributed by atoms with E-state index >= 15 is 0 Å². The summed E-state index contributed by atoms with van der Waals surface area (Å²) in [5, 5.41) is 2.85. The number of ether oxygens (including phenoxy) is 1. The molecule has 0 saturated carbocycles. The number of benzene rings is 3. The van der Waals surface area contributed by atoms with Gasteiger partial charge in [-0.25, -0.2) is 8.42 Å². The number of amides is 1. The zero-order chi connectivity index (χ0) is 24.6. The number of nitrogens with one attached hydrogen (secondary N) is 1. The van der Waals surface area contributed by atoms with Gasteiger partial charge in [-0.15, -0.1) is 0 Å². The molecule has 180 valence electrons. The van der Waals surface area contributed by atoms with Crippen molar-refractivity contribution >= 4 is 27.3 Å². The van der Waals surface area contributed by atoms with Crippen LogP contribution in [-0.2, 0) is 14.8 Å². The summed E-state index contributed by atoms with van der Waals surface area (Å²) in [5.74, 6) is 0.286. The van der Waals surface area contributed by atoms with Crippen molar-refractivity contribution in [3.05, 3.63) is 84.4 Å². The van der Waals surface area contributed by atoms with Gasteiger partial charge in [0.15, 0.2) is 6.61 Å². The lowest BCUT2D eigenvalue weighted by atomic mass is 10.2. The molecule has 7 nitrogen and oxygen atoms in total. The average Bonchev–Trinajstić information content (AvgIpc) is 2.86. The molecule has 8 heteroatoms. The van der Waals surface area contributed by atoms with E-state index < -0.39 is 10.0 Å². The first-order chi connectivity index (χ1) is 16.3. The Labute approximate surface area is 202 Å². The van der Waals surface area contributed by atoms with Crippen LogP contribution >= 0.6 is 0 Å². The molecule has 1 amide bonds. The van der Waals surface area contributed by atoms with Gasteiger partial charge >= 0.3 is 0 Å². The summed E-state index contributed by atoms with van der Waals surface area (Å²) in [6.45, 7) is 3.18. The Morgan fingerprint density at radius 1 is 0.882 bits per heavy atom. The van der Waals surface area contributed by atoms with Gasteiger partial charge in [0.25, 0.3) is 15.9 Å². The lowest BCUT2D eigenvalue weighted by Gasteiger charge is -2.20. The summed E-state index contributed by atoms with van der Waals surface area (Å²) in [7, 11) is -0.130. The number of hydrogen-bond acceptors (Lipinski definition) is 5. The van der Waals surface area contributed by atoms with Crippen molar-refractivity contribution in [1.82, 2.24) is 5.32 Å². The standard InChI is InChI=1S/C26H31N3O4S/c1-21-10-16-25(17-11-21)34(31,32)29(3)23-12-14-24(15-13-23)33-20-26(30)27-18-7-19-28(2)22-8-5-4-6-9-22/h4-6,8-17H,7,18-20H2,1-3H3,(H,27,30). The Morgan fingerprint density at radius 2 is 1.53 bits per heavy atom. The van der Waals surface area contributed by atoms with Crippen LogP contribution in [-0.4, -0.2) is 48.1 Å². The van der Waals surface area contributed by atoms with Crippen LogP contribution in [0.4, 0.5) is 11.4 Å². The van der Waals surface area contributed by atoms with E-state index in [0.717, 1.165) is 24.2 Å². The molecule has 3 aromatic rings. The molecule has 0 fully saturated rings. The molecule has 0 saturated heterocycles. The fourth-order valence-corrected chi connectivity index (χ4v) is 4.51. The van der Waals surface area contributed by atoms with Crippen molar-refractivity contribution < 1.29 is 17.9 Å². The van der Waals surface area contributed by atoms with Gasteiger partial charge in [-0.05, 0) is 61.9 Å². The predicted octanol–water partition coefficient (Wildman–Crippen LogP) is 3.84. The number of nitrogens with zero attached hydrogens (tertiary/aromatic N) is 2. The number of carbonyl (C=O) groups excluding carboxylic acids is 1. The molecular weight excluding hydrogens is 450 g/mol. The maximum Gasteiger partial charge on any atom is 0.264 e. The van der Waals surface area contributed by atoms with E-state index in [1.165, 1.54) is 11.4 Å². The van der Waals surface area contributed by atoms with Crippen LogP contribution in [0.2, 0.25) is 0 Å². The van der Waals surface area contributed by atoms with Gasteiger partial charge in [0.1, 0.15) is 5.75 Å². The molecule has 0 aromatic heterocycles. The molecule has 0 atom stereocenters. The molecule has 0 aliphatic rings. The van der Waals surface area contributed by atoms with Gasteiger partial charge in [0.2, 0.25) is 0 Å². The van der Waals surface area contributed by atoms with Gasteiger partial charge in [-0.2, -0.15) is 0 Å². The minimum absolute atomic E-state index is 0.106. The fraction of sp³-hybridized carbons (Fsp3) is 0.269. The zero-order valence-corrected chi connectivity index (χ0v) is 20.6. The van der Waals surface area contributed by atoms with E-state index in [0.29, 0.717) is 18.0 Å². The van der Waals surface area contributed by atoms with Crippen LogP contribution in [0.1, 0.15) is 12.0 Å².